The van der Waals surface area contributed by atoms with Crippen molar-refractivity contribution in [2.45, 2.75) is 40.5 Å². The van der Waals surface area contributed by atoms with Crippen molar-refractivity contribution in [2.75, 3.05) is 0 Å². The first-order valence-corrected chi connectivity index (χ1v) is 5.23. The van der Waals surface area contributed by atoms with Crippen molar-refractivity contribution in [2.24, 2.45) is 0 Å². The van der Waals surface area contributed by atoms with Crippen molar-refractivity contribution < 1.29 is 4.79 Å². The number of hydrogen-bond donors (Lipinski definition) is 0. The van der Waals surface area contributed by atoms with E-state index in [1.54, 1.807) is 6.92 Å². The molecule has 0 aromatic heterocycles. The van der Waals surface area contributed by atoms with Gasteiger partial charge in [-0.3, -0.25) is 4.79 Å². The molecule has 0 amide bonds. The van der Waals surface area contributed by atoms with Crippen molar-refractivity contribution in [3.63, 3.8) is 0 Å². The molecule has 1 aromatic rings. The SMILES string of the molecule is CCc1cc(CC)c(C(C)=O)cc1C. The van der Waals surface area contributed by atoms with Crippen LogP contribution in [0, 0.1) is 6.92 Å². The molecule has 0 spiro atoms. The first kappa shape index (κ1) is 11.0. The summed E-state index contributed by atoms with van der Waals surface area (Å²) in [5.41, 5.74) is 4.66. The van der Waals surface area contributed by atoms with E-state index in [1.807, 2.05) is 6.07 Å². The highest BCUT2D eigenvalue weighted by molar-refractivity contribution is 5.95. The van der Waals surface area contributed by atoms with Gasteiger partial charge in [-0.15, -0.1) is 0 Å². The molecule has 0 unspecified atom stereocenters. The van der Waals surface area contributed by atoms with Crippen LogP contribution in [0.2, 0.25) is 0 Å². The summed E-state index contributed by atoms with van der Waals surface area (Å²) in [6.07, 6.45) is 1.97. The second-order valence-corrected chi connectivity index (χ2v) is 3.70. The summed E-state index contributed by atoms with van der Waals surface area (Å²) in [4.78, 5) is 11.4. The van der Waals surface area contributed by atoms with E-state index < -0.39 is 0 Å². The molecule has 1 nitrogen and oxygen atoms in total. The second-order valence-electron chi connectivity index (χ2n) is 3.70. The maximum absolute atomic E-state index is 11.4. The lowest BCUT2D eigenvalue weighted by Gasteiger charge is -2.10. The van der Waals surface area contributed by atoms with Crippen molar-refractivity contribution in [3.05, 3.63) is 34.4 Å². The normalized spacial score (nSPS) is 10.3. The zero-order chi connectivity index (χ0) is 10.7. The zero-order valence-electron chi connectivity index (χ0n) is 9.48. The van der Waals surface area contributed by atoms with Crippen LogP contribution in [-0.4, -0.2) is 5.78 Å². The van der Waals surface area contributed by atoms with Gasteiger partial charge < -0.3 is 0 Å². The summed E-state index contributed by atoms with van der Waals surface area (Å²) in [5.74, 6) is 0.174. The lowest BCUT2D eigenvalue weighted by molar-refractivity contribution is 0.101. The summed E-state index contributed by atoms with van der Waals surface area (Å²) in [6, 6.07) is 4.20. The van der Waals surface area contributed by atoms with Gasteiger partial charge in [-0.2, -0.15) is 0 Å². The van der Waals surface area contributed by atoms with E-state index in [9.17, 15) is 4.79 Å². The Balaban J connectivity index is 3.31. The summed E-state index contributed by atoms with van der Waals surface area (Å²) in [7, 11) is 0. The van der Waals surface area contributed by atoms with Crippen molar-refractivity contribution >= 4 is 5.78 Å². The van der Waals surface area contributed by atoms with Gasteiger partial charge in [0.2, 0.25) is 0 Å². The van der Waals surface area contributed by atoms with E-state index in [0.29, 0.717) is 0 Å². The lowest BCUT2D eigenvalue weighted by atomic mass is 9.94. The number of aryl methyl sites for hydroxylation is 3. The van der Waals surface area contributed by atoms with Crippen LogP contribution in [0.3, 0.4) is 0 Å². The molecule has 0 atom stereocenters. The molecule has 0 heterocycles. The van der Waals surface area contributed by atoms with Gasteiger partial charge >= 0.3 is 0 Å². The van der Waals surface area contributed by atoms with Crippen LogP contribution >= 0.6 is 0 Å². The number of carbonyl (C=O) groups is 1. The number of Topliss-reactive ketones (excluding diaryl/α,β-unsaturated/α-hetero) is 1. The minimum atomic E-state index is 0.174. The maximum atomic E-state index is 11.4. The predicted octanol–water partition coefficient (Wildman–Crippen LogP) is 3.32. The Kier molecular flexibility index (Phi) is 3.45. The molecule has 0 saturated carbocycles. The highest BCUT2D eigenvalue weighted by Gasteiger charge is 2.08. The van der Waals surface area contributed by atoms with Gasteiger partial charge in [-0.25, -0.2) is 0 Å². The van der Waals surface area contributed by atoms with Crippen LogP contribution in [-0.2, 0) is 12.8 Å². The molecule has 0 saturated heterocycles. The molecular weight excluding hydrogens is 172 g/mol. The molecule has 0 radical (unpaired) electrons. The Morgan fingerprint density at radius 1 is 1.14 bits per heavy atom. The van der Waals surface area contributed by atoms with Crippen molar-refractivity contribution in [3.8, 4) is 0 Å². The van der Waals surface area contributed by atoms with E-state index in [2.05, 4.69) is 26.8 Å². The third kappa shape index (κ3) is 2.03. The standard InChI is InChI=1S/C13H18O/c1-5-11-8-12(6-2)13(10(4)14)7-9(11)3/h7-8H,5-6H2,1-4H3. The third-order valence-corrected chi connectivity index (χ3v) is 2.70. The minimum Gasteiger partial charge on any atom is -0.295 e. The zero-order valence-corrected chi connectivity index (χ0v) is 9.48. The average Bonchev–Trinajstić information content (AvgIpc) is 2.17. The fraction of sp³-hybridized carbons (Fsp3) is 0.462. The van der Waals surface area contributed by atoms with Crippen LogP contribution in [0.5, 0.6) is 0 Å². The van der Waals surface area contributed by atoms with Gasteiger partial charge in [0.25, 0.3) is 0 Å². The molecule has 1 aromatic carbocycles. The van der Waals surface area contributed by atoms with E-state index in [-0.39, 0.29) is 5.78 Å². The van der Waals surface area contributed by atoms with Crippen molar-refractivity contribution in [1.82, 2.24) is 0 Å². The second kappa shape index (κ2) is 4.41. The number of benzene rings is 1. The van der Waals surface area contributed by atoms with Crippen LogP contribution in [0.25, 0.3) is 0 Å². The van der Waals surface area contributed by atoms with E-state index >= 15 is 0 Å². The van der Waals surface area contributed by atoms with Crippen LogP contribution in [0.15, 0.2) is 12.1 Å². The quantitative estimate of drug-likeness (QED) is 0.668. The van der Waals surface area contributed by atoms with Gasteiger partial charge in [-0.05, 0) is 49.4 Å². The number of ketones is 1. The van der Waals surface area contributed by atoms with Gasteiger partial charge in [0, 0.05) is 5.56 Å². The largest absolute Gasteiger partial charge is 0.295 e. The third-order valence-electron chi connectivity index (χ3n) is 2.70. The average molecular weight is 190 g/mol. The van der Waals surface area contributed by atoms with Gasteiger partial charge in [0.05, 0.1) is 0 Å². The molecule has 1 rings (SSSR count). The number of hydrogen-bond acceptors (Lipinski definition) is 1. The molecule has 0 bridgehead atoms. The summed E-state index contributed by atoms with van der Waals surface area (Å²) < 4.78 is 0. The van der Waals surface area contributed by atoms with E-state index in [1.165, 1.54) is 16.7 Å². The maximum Gasteiger partial charge on any atom is 0.160 e. The molecule has 1 heteroatoms. The van der Waals surface area contributed by atoms with E-state index in [4.69, 9.17) is 0 Å². The first-order chi connectivity index (χ1) is 6.60. The fourth-order valence-electron chi connectivity index (χ4n) is 1.80. The Hall–Kier alpha value is -1.11. The predicted molar refractivity (Wildman–Crippen MR) is 59.9 cm³/mol. The highest BCUT2D eigenvalue weighted by atomic mass is 16.1. The summed E-state index contributed by atoms with van der Waals surface area (Å²) in [5, 5.41) is 0. The highest BCUT2D eigenvalue weighted by Crippen LogP contribution is 2.18. The Morgan fingerprint density at radius 2 is 1.71 bits per heavy atom. The molecular formula is C13H18O. The Morgan fingerprint density at radius 3 is 2.14 bits per heavy atom. The Labute approximate surface area is 86.1 Å². The fourth-order valence-corrected chi connectivity index (χ4v) is 1.80. The molecule has 0 N–H and O–H groups in total. The summed E-state index contributed by atoms with van der Waals surface area (Å²) in [6.45, 7) is 7.95. The topological polar surface area (TPSA) is 17.1 Å². The van der Waals surface area contributed by atoms with Gasteiger partial charge in [0.1, 0.15) is 0 Å². The Bertz CT molecular complexity index is 350. The van der Waals surface area contributed by atoms with Crippen LogP contribution in [0.4, 0.5) is 0 Å². The van der Waals surface area contributed by atoms with Gasteiger partial charge in [0.15, 0.2) is 5.78 Å². The molecule has 14 heavy (non-hydrogen) atoms. The monoisotopic (exact) mass is 190 g/mol. The molecule has 0 aliphatic heterocycles. The number of carbonyl (C=O) groups excluding carboxylic acids is 1. The molecule has 76 valence electrons. The van der Waals surface area contributed by atoms with Gasteiger partial charge in [-0.1, -0.05) is 19.9 Å². The van der Waals surface area contributed by atoms with E-state index in [0.717, 1.165) is 18.4 Å². The minimum absolute atomic E-state index is 0.174. The first-order valence-electron chi connectivity index (χ1n) is 5.23. The molecule has 0 aliphatic carbocycles. The van der Waals surface area contributed by atoms with Crippen LogP contribution in [0.1, 0.15) is 47.8 Å². The molecule has 0 fully saturated rings. The van der Waals surface area contributed by atoms with Crippen molar-refractivity contribution in [1.29, 1.82) is 0 Å². The molecule has 0 aliphatic rings. The summed E-state index contributed by atoms with van der Waals surface area (Å²) >= 11 is 0. The number of rotatable bonds is 3. The van der Waals surface area contributed by atoms with Crippen LogP contribution < -0.4 is 0 Å². The lowest BCUT2D eigenvalue weighted by Crippen LogP contribution is -2.02. The smallest absolute Gasteiger partial charge is 0.160 e.